The van der Waals surface area contributed by atoms with Crippen molar-refractivity contribution in [1.29, 1.82) is 0 Å². The van der Waals surface area contributed by atoms with Crippen LogP contribution < -0.4 is 11.1 Å². The van der Waals surface area contributed by atoms with Crippen molar-refractivity contribution >= 4 is 29.2 Å². The molecule has 6 heteroatoms. The molecule has 3 N–H and O–H groups in total. The normalized spacial score (nSPS) is 11.5. The third-order valence-corrected chi connectivity index (χ3v) is 3.45. The Balaban J connectivity index is 1.72. The lowest BCUT2D eigenvalue weighted by Crippen LogP contribution is -2.33. The van der Waals surface area contributed by atoms with Gasteiger partial charge in [-0.05, 0) is 42.3 Å². The Bertz CT molecular complexity index is 609. The van der Waals surface area contributed by atoms with E-state index in [9.17, 15) is 0 Å². The number of hydrogen-bond donors (Lipinski definition) is 2. The highest BCUT2D eigenvalue weighted by atomic mass is 35.5. The molecule has 0 saturated heterocycles. The first-order valence-electron chi connectivity index (χ1n) is 7.02. The number of nitrogens with zero attached hydrogens (tertiary/aromatic N) is 2. The molecule has 1 aromatic carbocycles. The summed E-state index contributed by atoms with van der Waals surface area (Å²) in [6.07, 6.45) is 3.32. The maximum atomic E-state index is 5.96. The summed E-state index contributed by atoms with van der Waals surface area (Å²) in [7, 11) is 0. The Labute approximate surface area is 140 Å². The number of nitrogens with one attached hydrogen (secondary N) is 1. The molecule has 1 heterocycles. The lowest BCUT2D eigenvalue weighted by atomic mass is 10.1. The van der Waals surface area contributed by atoms with Crippen LogP contribution in [0.1, 0.15) is 11.3 Å². The highest BCUT2D eigenvalue weighted by Gasteiger charge is 1.99. The second kappa shape index (κ2) is 8.61. The van der Waals surface area contributed by atoms with Gasteiger partial charge in [0.05, 0.1) is 0 Å². The molecule has 0 aliphatic carbocycles. The summed E-state index contributed by atoms with van der Waals surface area (Å²) in [5.41, 5.74) is 7.90. The van der Waals surface area contributed by atoms with Crippen molar-refractivity contribution in [3.8, 4) is 0 Å². The molecule has 0 saturated carbocycles. The fourth-order valence-electron chi connectivity index (χ4n) is 1.98. The van der Waals surface area contributed by atoms with Crippen LogP contribution in [0.2, 0.25) is 10.0 Å². The van der Waals surface area contributed by atoms with Crippen LogP contribution in [-0.4, -0.2) is 24.0 Å². The van der Waals surface area contributed by atoms with Gasteiger partial charge >= 0.3 is 0 Å². The quantitative estimate of drug-likeness (QED) is 0.629. The summed E-state index contributed by atoms with van der Waals surface area (Å²) in [5.74, 6) is 0.434. The van der Waals surface area contributed by atoms with Crippen LogP contribution in [0.15, 0.2) is 47.6 Å². The number of guanidine groups is 1. The molecule has 2 aromatic rings. The van der Waals surface area contributed by atoms with E-state index in [2.05, 4.69) is 15.3 Å². The summed E-state index contributed by atoms with van der Waals surface area (Å²) in [5, 5.41) is 4.35. The van der Waals surface area contributed by atoms with E-state index in [0.717, 1.165) is 24.1 Å². The third-order valence-electron chi connectivity index (χ3n) is 3.02. The summed E-state index contributed by atoms with van der Waals surface area (Å²) in [6.45, 7) is 1.29. The standard InChI is InChI=1S/C16H18Cl2N4/c17-13-9-12(10-14(18)11-13)4-7-21-16(19)22-8-5-15-3-1-2-6-20-15/h1-3,6,9-11H,4-5,7-8H2,(H3,19,21,22). The van der Waals surface area contributed by atoms with Crippen LogP contribution in [0.4, 0.5) is 0 Å². The van der Waals surface area contributed by atoms with Gasteiger partial charge in [0.1, 0.15) is 0 Å². The molecule has 0 fully saturated rings. The molecule has 0 spiro atoms. The van der Waals surface area contributed by atoms with Gasteiger partial charge in [0.15, 0.2) is 5.96 Å². The maximum Gasteiger partial charge on any atom is 0.188 e. The molecule has 0 radical (unpaired) electrons. The van der Waals surface area contributed by atoms with Crippen molar-refractivity contribution in [1.82, 2.24) is 10.3 Å². The average molecular weight is 337 g/mol. The van der Waals surface area contributed by atoms with Gasteiger partial charge in [-0.2, -0.15) is 0 Å². The van der Waals surface area contributed by atoms with E-state index in [0.29, 0.717) is 29.1 Å². The van der Waals surface area contributed by atoms with Crippen molar-refractivity contribution in [2.45, 2.75) is 12.8 Å². The van der Waals surface area contributed by atoms with Gasteiger partial charge < -0.3 is 11.1 Å². The van der Waals surface area contributed by atoms with Crippen LogP contribution in [0.3, 0.4) is 0 Å². The van der Waals surface area contributed by atoms with Gasteiger partial charge in [-0.3, -0.25) is 9.98 Å². The molecule has 4 nitrogen and oxygen atoms in total. The molecule has 0 atom stereocenters. The van der Waals surface area contributed by atoms with E-state index in [1.165, 1.54) is 0 Å². The van der Waals surface area contributed by atoms with Crippen molar-refractivity contribution < 1.29 is 0 Å². The summed E-state index contributed by atoms with van der Waals surface area (Å²) < 4.78 is 0. The Hall–Kier alpha value is -1.78. The molecule has 22 heavy (non-hydrogen) atoms. The Morgan fingerprint density at radius 3 is 2.59 bits per heavy atom. The summed E-state index contributed by atoms with van der Waals surface area (Å²) in [4.78, 5) is 8.52. The Morgan fingerprint density at radius 1 is 1.14 bits per heavy atom. The molecule has 0 aliphatic heterocycles. The number of benzene rings is 1. The average Bonchev–Trinajstić information content (AvgIpc) is 2.47. The molecule has 0 aliphatic rings. The molecule has 2 rings (SSSR count). The topological polar surface area (TPSA) is 63.3 Å². The molecule has 1 aromatic heterocycles. The van der Waals surface area contributed by atoms with E-state index in [4.69, 9.17) is 28.9 Å². The number of aliphatic imine (C=N–C) groups is 1. The predicted octanol–water partition coefficient (Wildman–Crippen LogP) is 3.08. The monoisotopic (exact) mass is 336 g/mol. The predicted molar refractivity (Wildman–Crippen MR) is 92.6 cm³/mol. The molecule has 0 bridgehead atoms. The van der Waals surface area contributed by atoms with Crippen molar-refractivity contribution in [3.05, 3.63) is 63.9 Å². The van der Waals surface area contributed by atoms with E-state index in [1.54, 1.807) is 12.3 Å². The van der Waals surface area contributed by atoms with Crippen LogP contribution in [0.25, 0.3) is 0 Å². The van der Waals surface area contributed by atoms with E-state index >= 15 is 0 Å². The number of nitrogens with two attached hydrogens (primary N) is 1. The maximum absolute atomic E-state index is 5.96. The number of rotatable bonds is 6. The first-order chi connectivity index (χ1) is 10.6. The van der Waals surface area contributed by atoms with E-state index in [1.807, 2.05) is 30.3 Å². The Morgan fingerprint density at radius 2 is 1.91 bits per heavy atom. The molecule has 0 unspecified atom stereocenters. The van der Waals surface area contributed by atoms with Crippen LogP contribution in [0, 0.1) is 0 Å². The third kappa shape index (κ3) is 5.92. The molecular formula is C16H18Cl2N4. The van der Waals surface area contributed by atoms with Crippen molar-refractivity contribution in [2.75, 3.05) is 13.1 Å². The van der Waals surface area contributed by atoms with Gasteiger partial charge in [0, 0.05) is 41.4 Å². The minimum atomic E-state index is 0.434. The second-order valence-corrected chi connectivity index (χ2v) is 5.67. The number of pyridine rings is 1. The number of hydrogen-bond acceptors (Lipinski definition) is 2. The first-order valence-corrected chi connectivity index (χ1v) is 7.78. The zero-order valence-electron chi connectivity index (χ0n) is 12.1. The van der Waals surface area contributed by atoms with Crippen molar-refractivity contribution in [3.63, 3.8) is 0 Å². The Kier molecular flexibility index (Phi) is 6.49. The smallest absolute Gasteiger partial charge is 0.188 e. The van der Waals surface area contributed by atoms with Gasteiger partial charge in [0.25, 0.3) is 0 Å². The number of aromatic nitrogens is 1. The number of halogens is 2. The zero-order valence-corrected chi connectivity index (χ0v) is 13.6. The largest absolute Gasteiger partial charge is 0.370 e. The van der Waals surface area contributed by atoms with E-state index in [-0.39, 0.29) is 0 Å². The van der Waals surface area contributed by atoms with E-state index < -0.39 is 0 Å². The molecule has 116 valence electrons. The van der Waals surface area contributed by atoms with Gasteiger partial charge in [-0.15, -0.1) is 0 Å². The molecular weight excluding hydrogens is 319 g/mol. The van der Waals surface area contributed by atoms with Gasteiger partial charge in [0.2, 0.25) is 0 Å². The zero-order chi connectivity index (χ0) is 15.8. The highest BCUT2D eigenvalue weighted by Crippen LogP contribution is 2.19. The van der Waals surface area contributed by atoms with Gasteiger partial charge in [-0.1, -0.05) is 29.3 Å². The van der Waals surface area contributed by atoms with Crippen LogP contribution >= 0.6 is 23.2 Å². The highest BCUT2D eigenvalue weighted by molar-refractivity contribution is 6.34. The second-order valence-electron chi connectivity index (χ2n) is 4.79. The fraction of sp³-hybridized carbons (Fsp3) is 0.250. The van der Waals surface area contributed by atoms with Crippen LogP contribution in [-0.2, 0) is 12.8 Å². The minimum absolute atomic E-state index is 0.434. The summed E-state index contributed by atoms with van der Waals surface area (Å²) >= 11 is 11.9. The lowest BCUT2D eigenvalue weighted by Gasteiger charge is -2.06. The summed E-state index contributed by atoms with van der Waals surface area (Å²) in [6, 6.07) is 11.3. The molecule has 0 amide bonds. The fourth-order valence-corrected chi connectivity index (χ4v) is 2.55. The van der Waals surface area contributed by atoms with Crippen molar-refractivity contribution in [2.24, 2.45) is 10.7 Å². The first kappa shape index (κ1) is 16.6. The van der Waals surface area contributed by atoms with Gasteiger partial charge in [-0.25, -0.2) is 0 Å². The SMILES string of the molecule is NC(=NCCc1ccccn1)NCCc1cc(Cl)cc(Cl)c1. The lowest BCUT2D eigenvalue weighted by molar-refractivity contribution is 0.840. The minimum Gasteiger partial charge on any atom is -0.370 e. The van der Waals surface area contributed by atoms with Crippen LogP contribution in [0.5, 0.6) is 0 Å².